The zero-order valence-corrected chi connectivity index (χ0v) is 18.3. The monoisotopic (exact) mass is 410 g/mol. The number of aryl methyl sites for hydroxylation is 1. The van der Waals surface area contributed by atoms with Crippen LogP contribution in [0.4, 0.5) is 5.13 Å². The van der Waals surface area contributed by atoms with E-state index in [1.165, 1.54) is 17.4 Å². The van der Waals surface area contributed by atoms with E-state index < -0.39 is 0 Å². The van der Waals surface area contributed by atoms with Gasteiger partial charge in [-0.1, -0.05) is 36.5 Å². The first-order valence-electron chi connectivity index (χ1n) is 10.0. The summed E-state index contributed by atoms with van der Waals surface area (Å²) >= 11 is 1.56. The highest BCUT2D eigenvalue weighted by Gasteiger charge is 2.21. The Kier molecular flexibility index (Phi) is 6.77. The van der Waals surface area contributed by atoms with Gasteiger partial charge in [-0.05, 0) is 43.2 Å². The summed E-state index contributed by atoms with van der Waals surface area (Å²) in [4.78, 5) is 32.7. The molecule has 1 amide bonds. The van der Waals surface area contributed by atoms with Crippen molar-refractivity contribution in [2.75, 3.05) is 32.1 Å². The largest absolute Gasteiger partial charge is 0.340 e. The quantitative estimate of drug-likeness (QED) is 0.580. The second-order valence-corrected chi connectivity index (χ2v) is 8.56. The molecule has 29 heavy (non-hydrogen) atoms. The summed E-state index contributed by atoms with van der Waals surface area (Å²) in [5, 5.41) is 0.725. The first-order valence-corrected chi connectivity index (χ1v) is 10.8. The zero-order valence-electron chi connectivity index (χ0n) is 17.5. The summed E-state index contributed by atoms with van der Waals surface area (Å²) in [6.07, 6.45) is 1.86. The van der Waals surface area contributed by atoms with Crippen molar-refractivity contribution in [3.05, 3.63) is 59.2 Å². The first-order chi connectivity index (χ1) is 13.9. The zero-order chi connectivity index (χ0) is 21.0. The lowest BCUT2D eigenvalue weighted by Gasteiger charge is -2.20. The predicted octanol–water partition coefficient (Wildman–Crippen LogP) is 3.24. The molecule has 0 fully saturated rings. The molecule has 0 atom stereocenters. The van der Waals surface area contributed by atoms with Gasteiger partial charge in [0, 0.05) is 24.1 Å². The second kappa shape index (κ2) is 9.29. The van der Waals surface area contributed by atoms with Gasteiger partial charge in [0.25, 0.3) is 5.91 Å². The van der Waals surface area contributed by atoms with Gasteiger partial charge in [-0.25, -0.2) is 4.98 Å². The highest BCUT2D eigenvalue weighted by molar-refractivity contribution is 7.22. The molecule has 0 bridgehead atoms. The Morgan fingerprint density at radius 1 is 1.07 bits per heavy atom. The second-order valence-electron chi connectivity index (χ2n) is 7.55. The Morgan fingerprint density at radius 2 is 1.76 bits per heavy atom. The standard InChI is InChI=1S/C23H27N3O2S/c1-5-17-7-12-20-21(15-17)29-23(24-20)26(14-6-13-25(3)4)22(28)19-10-8-18(9-11-19)16(2)27/h7-12,15H,5-6,13-14H2,1-4H3/p+1. The van der Waals surface area contributed by atoms with Crippen LogP contribution in [0.15, 0.2) is 42.5 Å². The molecule has 0 aliphatic heterocycles. The molecule has 0 saturated carbocycles. The third-order valence-corrected chi connectivity index (χ3v) is 5.96. The number of carbonyl (C=O) groups is 2. The number of anilines is 1. The van der Waals surface area contributed by atoms with E-state index in [9.17, 15) is 9.59 Å². The minimum absolute atomic E-state index is 0.00675. The number of Topliss-reactive ketones (excluding diaryl/α,β-unsaturated/α-hetero) is 1. The van der Waals surface area contributed by atoms with E-state index in [0.717, 1.165) is 34.7 Å². The average Bonchev–Trinajstić information content (AvgIpc) is 3.13. The van der Waals surface area contributed by atoms with Crippen LogP contribution in [0.5, 0.6) is 0 Å². The fraction of sp³-hybridized carbons (Fsp3) is 0.348. The minimum Gasteiger partial charge on any atom is -0.340 e. The van der Waals surface area contributed by atoms with Crippen LogP contribution < -0.4 is 9.80 Å². The number of benzene rings is 2. The number of rotatable bonds is 8. The average molecular weight is 411 g/mol. The molecule has 0 spiro atoms. The SMILES string of the molecule is CCc1ccc2nc(N(CCC[NH+](C)C)C(=O)c3ccc(C(C)=O)cc3)sc2c1. The molecule has 1 N–H and O–H groups in total. The van der Waals surface area contributed by atoms with Crippen molar-refractivity contribution in [1.82, 2.24) is 4.98 Å². The number of thiazole rings is 1. The Bertz CT molecular complexity index is 1010. The maximum atomic E-state index is 13.3. The van der Waals surface area contributed by atoms with Crippen LogP contribution in [0.3, 0.4) is 0 Å². The van der Waals surface area contributed by atoms with Gasteiger partial charge in [0.2, 0.25) is 0 Å². The van der Waals surface area contributed by atoms with Gasteiger partial charge in [-0.15, -0.1) is 0 Å². The molecular formula is C23H28N3O2S+. The molecule has 0 radical (unpaired) electrons. The Balaban J connectivity index is 1.92. The summed E-state index contributed by atoms with van der Waals surface area (Å²) in [6.45, 7) is 5.24. The van der Waals surface area contributed by atoms with Crippen LogP contribution >= 0.6 is 11.3 Å². The molecule has 5 nitrogen and oxygen atoms in total. The summed E-state index contributed by atoms with van der Waals surface area (Å²) < 4.78 is 1.10. The molecule has 0 unspecified atom stereocenters. The minimum atomic E-state index is -0.0800. The Labute approximate surface area is 176 Å². The number of amides is 1. The number of fused-ring (bicyclic) bond motifs is 1. The van der Waals surface area contributed by atoms with Crippen molar-refractivity contribution in [3.63, 3.8) is 0 Å². The van der Waals surface area contributed by atoms with E-state index in [4.69, 9.17) is 4.98 Å². The van der Waals surface area contributed by atoms with E-state index >= 15 is 0 Å². The summed E-state index contributed by atoms with van der Waals surface area (Å²) in [7, 11) is 4.22. The van der Waals surface area contributed by atoms with Crippen molar-refractivity contribution < 1.29 is 14.5 Å². The summed E-state index contributed by atoms with van der Waals surface area (Å²) in [5.41, 5.74) is 3.36. The fourth-order valence-electron chi connectivity index (χ4n) is 3.17. The van der Waals surface area contributed by atoms with Gasteiger partial charge in [-0.3, -0.25) is 14.5 Å². The number of hydrogen-bond acceptors (Lipinski definition) is 4. The van der Waals surface area contributed by atoms with Gasteiger partial charge < -0.3 is 4.90 Å². The first kappa shape index (κ1) is 21.1. The molecule has 152 valence electrons. The van der Waals surface area contributed by atoms with Crippen molar-refractivity contribution >= 4 is 38.4 Å². The molecule has 1 aromatic heterocycles. The number of nitrogens with one attached hydrogen (secondary N) is 1. The molecule has 1 heterocycles. The van der Waals surface area contributed by atoms with E-state index in [2.05, 4.69) is 33.2 Å². The lowest BCUT2D eigenvalue weighted by molar-refractivity contribution is -0.858. The van der Waals surface area contributed by atoms with E-state index in [0.29, 0.717) is 17.7 Å². The van der Waals surface area contributed by atoms with Crippen LogP contribution in [0, 0.1) is 0 Å². The van der Waals surface area contributed by atoms with Gasteiger partial charge in [0.05, 0.1) is 30.9 Å². The van der Waals surface area contributed by atoms with Gasteiger partial charge in [0.15, 0.2) is 10.9 Å². The van der Waals surface area contributed by atoms with E-state index in [1.807, 2.05) is 6.07 Å². The Morgan fingerprint density at radius 3 is 2.38 bits per heavy atom. The van der Waals surface area contributed by atoms with E-state index in [-0.39, 0.29) is 11.7 Å². The number of quaternary nitrogens is 1. The van der Waals surface area contributed by atoms with Crippen molar-refractivity contribution in [2.24, 2.45) is 0 Å². The van der Waals surface area contributed by atoms with Gasteiger partial charge >= 0.3 is 0 Å². The molecule has 2 aromatic carbocycles. The molecule has 0 aliphatic carbocycles. The van der Waals surface area contributed by atoms with Crippen LogP contribution in [0.1, 0.15) is 46.5 Å². The van der Waals surface area contributed by atoms with Gasteiger partial charge in [-0.2, -0.15) is 0 Å². The molecule has 6 heteroatoms. The molecule has 0 aliphatic rings. The van der Waals surface area contributed by atoms with Crippen molar-refractivity contribution in [1.29, 1.82) is 0 Å². The highest BCUT2D eigenvalue weighted by Crippen LogP contribution is 2.30. The van der Waals surface area contributed by atoms with Crippen molar-refractivity contribution in [3.8, 4) is 0 Å². The number of carbonyl (C=O) groups excluding carboxylic acids is 2. The molecule has 3 aromatic rings. The number of aromatic nitrogens is 1. The van der Waals surface area contributed by atoms with Crippen LogP contribution in [-0.4, -0.2) is 43.9 Å². The maximum Gasteiger partial charge on any atom is 0.260 e. The van der Waals surface area contributed by atoms with Crippen LogP contribution in [0.2, 0.25) is 0 Å². The van der Waals surface area contributed by atoms with E-state index in [1.54, 1.807) is 40.5 Å². The fourth-order valence-corrected chi connectivity index (χ4v) is 4.22. The molecule has 0 saturated heterocycles. The Hall–Kier alpha value is -2.57. The number of hydrogen-bond donors (Lipinski definition) is 1. The summed E-state index contributed by atoms with van der Waals surface area (Å²) in [6, 6.07) is 13.2. The smallest absolute Gasteiger partial charge is 0.260 e. The van der Waals surface area contributed by atoms with Gasteiger partial charge in [0.1, 0.15) is 0 Å². The predicted molar refractivity (Wildman–Crippen MR) is 119 cm³/mol. The highest BCUT2D eigenvalue weighted by atomic mass is 32.1. The summed E-state index contributed by atoms with van der Waals surface area (Å²) in [5.74, 6) is -0.0867. The maximum absolute atomic E-state index is 13.3. The third-order valence-electron chi connectivity index (χ3n) is 4.92. The molecule has 3 rings (SSSR count). The molecular weight excluding hydrogens is 382 g/mol. The van der Waals surface area contributed by atoms with Crippen LogP contribution in [0.25, 0.3) is 10.2 Å². The number of ketones is 1. The topological polar surface area (TPSA) is 54.7 Å². The third kappa shape index (κ3) is 5.08. The lowest BCUT2D eigenvalue weighted by Crippen LogP contribution is -3.05. The lowest BCUT2D eigenvalue weighted by atomic mass is 10.1. The van der Waals surface area contributed by atoms with Crippen molar-refractivity contribution in [2.45, 2.75) is 26.7 Å². The normalized spacial score (nSPS) is 11.2. The van der Waals surface area contributed by atoms with Crippen LogP contribution in [-0.2, 0) is 6.42 Å². The number of nitrogens with zero attached hydrogens (tertiary/aromatic N) is 2.